The second-order valence-electron chi connectivity index (χ2n) is 4.44. The maximum Gasteiger partial charge on any atom is 0.119 e. The van der Waals surface area contributed by atoms with E-state index in [1.165, 1.54) is 5.56 Å². The molecule has 0 spiro atoms. The molecule has 0 saturated heterocycles. The van der Waals surface area contributed by atoms with Crippen molar-refractivity contribution in [3.8, 4) is 5.75 Å². The Kier molecular flexibility index (Phi) is 4.05. The van der Waals surface area contributed by atoms with E-state index in [1.54, 1.807) is 19.6 Å². The lowest BCUT2D eigenvalue weighted by Crippen LogP contribution is -2.22. The first-order valence-electron chi connectivity index (χ1n) is 6.13. The van der Waals surface area contributed by atoms with E-state index in [9.17, 15) is 0 Å². The Hall–Kier alpha value is -1.74. The van der Waals surface area contributed by atoms with Crippen molar-refractivity contribution in [2.75, 3.05) is 7.11 Å². The second kappa shape index (κ2) is 5.74. The van der Waals surface area contributed by atoms with Crippen molar-refractivity contribution in [1.82, 2.24) is 5.32 Å². The first kappa shape index (κ1) is 12.7. The largest absolute Gasteiger partial charge is 0.497 e. The molecule has 0 fully saturated rings. The van der Waals surface area contributed by atoms with Crippen LogP contribution in [-0.2, 0) is 0 Å². The number of hydrogen-bond acceptors (Lipinski definition) is 3. The molecular formula is C15H19NO2. The molecule has 1 aromatic carbocycles. The predicted octanol–water partition coefficient (Wildman–Crippen LogP) is 3.70. The minimum Gasteiger partial charge on any atom is -0.497 e. The zero-order valence-corrected chi connectivity index (χ0v) is 11.0. The predicted molar refractivity (Wildman–Crippen MR) is 71.7 cm³/mol. The van der Waals surface area contributed by atoms with Gasteiger partial charge in [-0.05, 0) is 37.6 Å². The molecule has 1 aromatic heterocycles. The summed E-state index contributed by atoms with van der Waals surface area (Å²) in [5.74, 6) is 0.886. The SMILES string of the molecule is COc1cccc(C(C)NC(C)c2ccoc2)c1. The van der Waals surface area contributed by atoms with Crippen molar-refractivity contribution in [3.63, 3.8) is 0 Å². The summed E-state index contributed by atoms with van der Waals surface area (Å²) in [7, 11) is 1.69. The molecule has 0 bridgehead atoms. The van der Waals surface area contributed by atoms with E-state index < -0.39 is 0 Å². The van der Waals surface area contributed by atoms with Gasteiger partial charge in [0.25, 0.3) is 0 Å². The zero-order valence-electron chi connectivity index (χ0n) is 11.0. The quantitative estimate of drug-likeness (QED) is 0.872. The fraction of sp³-hybridized carbons (Fsp3) is 0.333. The Morgan fingerprint density at radius 2 is 1.89 bits per heavy atom. The normalized spacial score (nSPS) is 14.2. The average molecular weight is 245 g/mol. The number of ether oxygens (including phenoxy) is 1. The number of methoxy groups -OCH3 is 1. The number of benzene rings is 1. The van der Waals surface area contributed by atoms with Gasteiger partial charge in [0.1, 0.15) is 5.75 Å². The minimum atomic E-state index is 0.255. The highest BCUT2D eigenvalue weighted by Gasteiger charge is 2.12. The summed E-state index contributed by atoms with van der Waals surface area (Å²) in [6.07, 6.45) is 3.47. The van der Waals surface area contributed by atoms with Crippen LogP contribution in [-0.4, -0.2) is 7.11 Å². The molecule has 2 atom stereocenters. The van der Waals surface area contributed by atoms with Crippen molar-refractivity contribution in [2.45, 2.75) is 25.9 Å². The van der Waals surface area contributed by atoms with Crippen LogP contribution in [0.1, 0.15) is 37.1 Å². The van der Waals surface area contributed by atoms with Gasteiger partial charge in [-0.15, -0.1) is 0 Å². The molecule has 2 unspecified atom stereocenters. The van der Waals surface area contributed by atoms with Gasteiger partial charge in [0.2, 0.25) is 0 Å². The fourth-order valence-corrected chi connectivity index (χ4v) is 2.00. The maximum absolute atomic E-state index is 5.24. The van der Waals surface area contributed by atoms with Crippen LogP contribution in [0.25, 0.3) is 0 Å². The van der Waals surface area contributed by atoms with Crippen molar-refractivity contribution in [3.05, 3.63) is 54.0 Å². The van der Waals surface area contributed by atoms with E-state index in [4.69, 9.17) is 9.15 Å². The molecule has 2 rings (SSSR count). The standard InChI is InChI=1S/C15H19NO2/c1-11(13-5-4-6-15(9-13)17-3)16-12(2)14-7-8-18-10-14/h4-12,16H,1-3H3. The number of nitrogens with one attached hydrogen (secondary N) is 1. The molecule has 0 saturated carbocycles. The third-order valence-corrected chi connectivity index (χ3v) is 3.14. The van der Waals surface area contributed by atoms with Gasteiger partial charge in [0, 0.05) is 17.6 Å². The molecule has 0 aliphatic carbocycles. The van der Waals surface area contributed by atoms with Gasteiger partial charge in [-0.2, -0.15) is 0 Å². The highest BCUT2D eigenvalue weighted by molar-refractivity contribution is 5.30. The van der Waals surface area contributed by atoms with Crippen LogP contribution in [0.4, 0.5) is 0 Å². The smallest absolute Gasteiger partial charge is 0.119 e. The Morgan fingerprint density at radius 1 is 1.11 bits per heavy atom. The van der Waals surface area contributed by atoms with Crippen molar-refractivity contribution in [1.29, 1.82) is 0 Å². The zero-order chi connectivity index (χ0) is 13.0. The van der Waals surface area contributed by atoms with Gasteiger partial charge in [0.15, 0.2) is 0 Å². The van der Waals surface area contributed by atoms with Crippen molar-refractivity contribution >= 4 is 0 Å². The highest BCUT2D eigenvalue weighted by Crippen LogP contribution is 2.22. The van der Waals surface area contributed by atoms with Gasteiger partial charge >= 0.3 is 0 Å². The van der Waals surface area contributed by atoms with Gasteiger partial charge < -0.3 is 14.5 Å². The molecule has 1 N–H and O–H groups in total. The van der Waals surface area contributed by atoms with Crippen molar-refractivity contribution < 1.29 is 9.15 Å². The summed E-state index contributed by atoms with van der Waals surface area (Å²) < 4.78 is 10.3. The van der Waals surface area contributed by atoms with E-state index >= 15 is 0 Å². The number of hydrogen-bond donors (Lipinski definition) is 1. The van der Waals surface area contributed by atoms with E-state index in [2.05, 4.69) is 31.3 Å². The molecule has 18 heavy (non-hydrogen) atoms. The van der Waals surface area contributed by atoms with E-state index in [1.807, 2.05) is 18.2 Å². The van der Waals surface area contributed by atoms with Crippen LogP contribution in [0.3, 0.4) is 0 Å². The summed E-state index contributed by atoms with van der Waals surface area (Å²) in [5.41, 5.74) is 2.37. The first-order valence-corrected chi connectivity index (χ1v) is 6.13. The van der Waals surface area contributed by atoms with Gasteiger partial charge in [-0.1, -0.05) is 12.1 Å². The van der Waals surface area contributed by atoms with Crippen LogP contribution in [0.15, 0.2) is 47.3 Å². The maximum atomic E-state index is 5.24. The molecule has 0 radical (unpaired) electrons. The third-order valence-electron chi connectivity index (χ3n) is 3.14. The molecule has 2 aromatic rings. The number of furan rings is 1. The van der Waals surface area contributed by atoms with Crippen molar-refractivity contribution in [2.24, 2.45) is 0 Å². The van der Waals surface area contributed by atoms with Crippen LogP contribution in [0, 0.1) is 0 Å². The average Bonchev–Trinajstić information content (AvgIpc) is 2.92. The lowest BCUT2D eigenvalue weighted by atomic mass is 10.1. The van der Waals surface area contributed by atoms with Crippen LogP contribution in [0.5, 0.6) is 5.75 Å². The van der Waals surface area contributed by atoms with E-state index in [-0.39, 0.29) is 12.1 Å². The summed E-state index contributed by atoms with van der Waals surface area (Å²) in [6, 6.07) is 10.6. The lowest BCUT2D eigenvalue weighted by Gasteiger charge is -2.19. The fourth-order valence-electron chi connectivity index (χ4n) is 2.00. The molecule has 0 amide bonds. The molecule has 0 aliphatic heterocycles. The Bertz CT molecular complexity index is 479. The molecular weight excluding hydrogens is 226 g/mol. The van der Waals surface area contributed by atoms with E-state index in [0.29, 0.717) is 0 Å². The molecule has 3 nitrogen and oxygen atoms in total. The Labute approximate surface area is 108 Å². The van der Waals surface area contributed by atoms with Gasteiger partial charge in [0.05, 0.1) is 19.6 Å². The minimum absolute atomic E-state index is 0.255. The Morgan fingerprint density at radius 3 is 2.56 bits per heavy atom. The van der Waals surface area contributed by atoms with Crippen LogP contribution < -0.4 is 10.1 Å². The van der Waals surface area contributed by atoms with Crippen LogP contribution in [0.2, 0.25) is 0 Å². The Balaban J connectivity index is 2.04. The lowest BCUT2D eigenvalue weighted by molar-refractivity contribution is 0.412. The summed E-state index contributed by atoms with van der Waals surface area (Å²) in [5, 5.41) is 3.53. The monoisotopic (exact) mass is 245 g/mol. The highest BCUT2D eigenvalue weighted by atomic mass is 16.5. The topological polar surface area (TPSA) is 34.4 Å². The summed E-state index contributed by atoms with van der Waals surface area (Å²) >= 11 is 0. The number of rotatable bonds is 5. The molecule has 0 aliphatic rings. The first-order chi connectivity index (χ1) is 8.70. The molecule has 1 heterocycles. The second-order valence-corrected chi connectivity index (χ2v) is 4.44. The molecule has 3 heteroatoms. The van der Waals surface area contributed by atoms with Crippen LogP contribution >= 0.6 is 0 Å². The molecule has 96 valence electrons. The van der Waals surface area contributed by atoms with Gasteiger partial charge in [-0.25, -0.2) is 0 Å². The van der Waals surface area contributed by atoms with Gasteiger partial charge in [-0.3, -0.25) is 0 Å². The third kappa shape index (κ3) is 2.93. The van der Waals surface area contributed by atoms with E-state index in [0.717, 1.165) is 11.3 Å². The summed E-state index contributed by atoms with van der Waals surface area (Å²) in [4.78, 5) is 0. The summed E-state index contributed by atoms with van der Waals surface area (Å²) in [6.45, 7) is 4.27.